The molecule has 116 valence electrons. The Labute approximate surface area is 124 Å². The molecule has 1 saturated heterocycles. The highest BCUT2D eigenvalue weighted by Gasteiger charge is 2.35. The van der Waals surface area contributed by atoms with Gasteiger partial charge in [0, 0.05) is 31.4 Å². The van der Waals surface area contributed by atoms with Crippen molar-refractivity contribution >= 4 is 5.91 Å². The van der Waals surface area contributed by atoms with Gasteiger partial charge in [-0.1, -0.05) is 0 Å². The fourth-order valence-corrected chi connectivity index (χ4v) is 2.31. The van der Waals surface area contributed by atoms with Gasteiger partial charge in [0.15, 0.2) is 0 Å². The number of hydrogen-bond acceptors (Lipinski definition) is 5. The molecule has 1 aromatic carbocycles. The highest BCUT2D eigenvalue weighted by atomic mass is 16.5. The first-order valence-electron chi connectivity index (χ1n) is 6.95. The molecule has 0 atom stereocenters. The summed E-state index contributed by atoms with van der Waals surface area (Å²) in [5.74, 6) is 1.23. The van der Waals surface area contributed by atoms with E-state index < -0.39 is 5.54 Å². The van der Waals surface area contributed by atoms with Gasteiger partial charge >= 0.3 is 0 Å². The minimum atomic E-state index is -0.835. The maximum Gasteiger partial charge on any atom is 0.240 e. The van der Waals surface area contributed by atoms with Gasteiger partial charge in [-0.15, -0.1) is 0 Å². The molecule has 1 aliphatic rings. The number of benzene rings is 1. The summed E-state index contributed by atoms with van der Waals surface area (Å²) in [4.78, 5) is 12.3. The van der Waals surface area contributed by atoms with Crippen molar-refractivity contribution in [1.29, 1.82) is 0 Å². The summed E-state index contributed by atoms with van der Waals surface area (Å²) < 4.78 is 15.7. The second kappa shape index (κ2) is 6.78. The van der Waals surface area contributed by atoms with Crippen molar-refractivity contribution < 1.29 is 19.0 Å². The Morgan fingerprint density at radius 3 is 2.67 bits per heavy atom. The summed E-state index contributed by atoms with van der Waals surface area (Å²) in [6.45, 7) is 1.41. The van der Waals surface area contributed by atoms with E-state index in [9.17, 15) is 4.79 Å². The number of carbonyl (C=O) groups excluding carboxylic acids is 1. The van der Waals surface area contributed by atoms with E-state index in [1.165, 1.54) is 0 Å². The maximum atomic E-state index is 12.3. The largest absolute Gasteiger partial charge is 0.497 e. The summed E-state index contributed by atoms with van der Waals surface area (Å²) in [7, 11) is 3.18. The molecule has 6 nitrogen and oxygen atoms in total. The fourth-order valence-electron chi connectivity index (χ4n) is 2.31. The number of ether oxygens (including phenoxy) is 3. The molecular formula is C15H22N2O4. The second-order valence-corrected chi connectivity index (χ2v) is 5.13. The summed E-state index contributed by atoms with van der Waals surface area (Å²) >= 11 is 0. The van der Waals surface area contributed by atoms with Crippen LogP contribution < -0.4 is 20.5 Å². The van der Waals surface area contributed by atoms with Crippen molar-refractivity contribution in [3.05, 3.63) is 23.8 Å². The third kappa shape index (κ3) is 3.65. The van der Waals surface area contributed by atoms with Gasteiger partial charge in [-0.25, -0.2) is 0 Å². The number of rotatable bonds is 5. The van der Waals surface area contributed by atoms with E-state index in [0.717, 1.165) is 5.56 Å². The van der Waals surface area contributed by atoms with Gasteiger partial charge in [-0.05, 0) is 25.0 Å². The van der Waals surface area contributed by atoms with E-state index in [1.807, 2.05) is 12.1 Å². The van der Waals surface area contributed by atoms with Gasteiger partial charge in [-0.3, -0.25) is 4.79 Å². The molecular weight excluding hydrogens is 272 g/mol. The molecule has 0 bridgehead atoms. The third-order valence-electron chi connectivity index (χ3n) is 3.77. The van der Waals surface area contributed by atoms with Crippen molar-refractivity contribution in [2.45, 2.75) is 24.9 Å². The van der Waals surface area contributed by atoms with E-state index in [2.05, 4.69) is 5.32 Å². The van der Waals surface area contributed by atoms with Crippen LogP contribution in [0.15, 0.2) is 18.2 Å². The average Bonchev–Trinajstić information content (AvgIpc) is 2.53. The molecule has 0 aliphatic carbocycles. The average molecular weight is 294 g/mol. The van der Waals surface area contributed by atoms with Gasteiger partial charge in [0.05, 0.1) is 19.8 Å². The van der Waals surface area contributed by atoms with Crippen LogP contribution in [0.5, 0.6) is 11.5 Å². The zero-order valence-electron chi connectivity index (χ0n) is 12.5. The molecule has 0 spiro atoms. The van der Waals surface area contributed by atoms with Crippen molar-refractivity contribution in [2.24, 2.45) is 5.73 Å². The Balaban J connectivity index is 2.00. The van der Waals surface area contributed by atoms with Gasteiger partial charge < -0.3 is 25.3 Å². The molecule has 0 unspecified atom stereocenters. The predicted octanol–water partition coefficient (Wildman–Crippen LogP) is 0.828. The van der Waals surface area contributed by atoms with Crippen LogP contribution in [0.3, 0.4) is 0 Å². The molecule has 21 heavy (non-hydrogen) atoms. The minimum Gasteiger partial charge on any atom is -0.497 e. The Morgan fingerprint density at radius 1 is 1.33 bits per heavy atom. The molecule has 6 heteroatoms. The smallest absolute Gasteiger partial charge is 0.240 e. The van der Waals surface area contributed by atoms with E-state index in [4.69, 9.17) is 19.9 Å². The van der Waals surface area contributed by atoms with Crippen LogP contribution >= 0.6 is 0 Å². The third-order valence-corrected chi connectivity index (χ3v) is 3.77. The van der Waals surface area contributed by atoms with Crippen molar-refractivity contribution in [1.82, 2.24) is 5.32 Å². The first-order chi connectivity index (χ1) is 10.1. The molecule has 0 saturated carbocycles. The monoisotopic (exact) mass is 294 g/mol. The number of nitrogens with two attached hydrogens (primary N) is 1. The number of carbonyl (C=O) groups is 1. The highest BCUT2D eigenvalue weighted by molar-refractivity contribution is 5.86. The molecule has 2 rings (SSSR count). The normalized spacial score (nSPS) is 17.1. The van der Waals surface area contributed by atoms with Gasteiger partial charge in [-0.2, -0.15) is 0 Å². The topological polar surface area (TPSA) is 82.8 Å². The lowest BCUT2D eigenvalue weighted by atomic mass is 9.90. The summed E-state index contributed by atoms with van der Waals surface area (Å²) in [5, 5.41) is 2.88. The molecule has 0 aromatic heterocycles. The van der Waals surface area contributed by atoms with Gasteiger partial charge in [0.2, 0.25) is 5.91 Å². The van der Waals surface area contributed by atoms with E-state index in [0.29, 0.717) is 44.1 Å². The molecule has 1 amide bonds. The first-order valence-corrected chi connectivity index (χ1v) is 6.95. The summed E-state index contributed by atoms with van der Waals surface area (Å²) in [6, 6.07) is 5.48. The lowest BCUT2D eigenvalue weighted by Crippen LogP contribution is -2.56. The molecule has 1 aliphatic heterocycles. The SMILES string of the molecule is COc1ccc(CNC(=O)C2(N)CCOCC2)c(OC)c1. The fraction of sp³-hybridized carbons (Fsp3) is 0.533. The van der Waals surface area contributed by atoms with Crippen molar-refractivity contribution in [2.75, 3.05) is 27.4 Å². The zero-order valence-corrected chi connectivity index (χ0v) is 12.5. The van der Waals surface area contributed by atoms with Crippen LogP contribution in [-0.4, -0.2) is 38.9 Å². The van der Waals surface area contributed by atoms with Crippen LogP contribution in [0.2, 0.25) is 0 Å². The standard InChI is InChI=1S/C15H22N2O4/c1-19-12-4-3-11(13(9-12)20-2)10-17-14(18)15(16)5-7-21-8-6-15/h3-4,9H,5-8,10,16H2,1-2H3,(H,17,18). The van der Waals surface area contributed by atoms with Crippen LogP contribution in [0, 0.1) is 0 Å². The van der Waals surface area contributed by atoms with Crippen molar-refractivity contribution in [3.8, 4) is 11.5 Å². The Hall–Kier alpha value is -1.79. The number of methoxy groups -OCH3 is 2. The number of amides is 1. The summed E-state index contributed by atoms with van der Waals surface area (Å²) in [5.41, 5.74) is 6.18. The van der Waals surface area contributed by atoms with E-state index in [-0.39, 0.29) is 5.91 Å². The van der Waals surface area contributed by atoms with E-state index >= 15 is 0 Å². The molecule has 1 fully saturated rings. The minimum absolute atomic E-state index is 0.149. The Kier molecular flexibility index (Phi) is 5.03. The Morgan fingerprint density at radius 2 is 2.05 bits per heavy atom. The van der Waals surface area contributed by atoms with Crippen molar-refractivity contribution in [3.63, 3.8) is 0 Å². The van der Waals surface area contributed by atoms with E-state index in [1.54, 1.807) is 20.3 Å². The van der Waals surface area contributed by atoms with Crippen LogP contribution in [-0.2, 0) is 16.1 Å². The maximum absolute atomic E-state index is 12.3. The van der Waals surface area contributed by atoms with Gasteiger partial charge in [0.25, 0.3) is 0 Å². The van der Waals surface area contributed by atoms with Crippen LogP contribution in [0.4, 0.5) is 0 Å². The van der Waals surface area contributed by atoms with Crippen LogP contribution in [0.1, 0.15) is 18.4 Å². The number of hydrogen-bond donors (Lipinski definition) is 2. The molecule has 1 aromatic rings. The van der Waals surface area contributed by atoms with Crippen LogP contribution in [0.25, 0.3) is 0 Å². The predicted molar refractivity (Wildman–Crippen MR) is 78.4 cm³/mol. The van der Waals surface area contributed by atoms with Gasteiger partial charge in [0.1, 0.15) is 11.5 Å². The summed E-state index contributed by atoms with van der Waals surface area (Å²) in [6.07, 6.45) is 1.08. The molecule has 1 heterocycles. The quantitative estimate of drug-likeness (QED) is 0.840. The first kappa shape index (κ1) is 15.6. The molecule has 3 N–H and O–H groups in total. The zero-order chi connectivity index (χ0) is 15.3. The Bertz CT molecular complexity index is 498. The second-order valence-electron chi connectivity index (χ2n) is 5.13. The lowest BCUT2D eigenvalue weighted by molar-refractivity contribution is -0.129. The molecule has 0 radical (unpaired) electrons. The number of nitrogens with one attached hydrogen (secondary N) is 1. The highest BCUT2D eigenvalue weighted by Crippen LogP contribution is 2.25. The lowest BCUT2D eigenvalue weighted by Gasteiger charge is -2.31.